The first-order valence-electron chi connectivity index (χ1n) is 7.82. The second kappa shape index (κ2) is 7.82. The van der Waals surface area contributed by atoms with Crippen molar-refractivity contribution in [3.8, 4) is 0 Å². The Bertz CT molecular complexity index is 504. The van der Waals surface area contributed by atoms with Gasteiger partial charge in [-0.3, -0.25) is 4.79 Å². The van der Waals surface area contributed by atoms with Crippen molar-refractivity contribution >= 4 is 12.1 Å². The maximum absolute atomic E-state index is 11.8. The molecular formula is C17H23NO4. The van der Waals surface area contributed by atoms with E-state index in [1.54, 1.807) is 0 Å². The number of hydrogen-bond acceptors (Lipinski definition) is 3. The molecule has 5 nitrogen and oxygen atoms in total. The third-order valence-corrected chi connectivity index (χ3v) is 4.08. The van der Waals surface area contributed by atoms with E-state index in [9.17, 15) is 9.59 Å². The second-order valence-electron chi connectivity index (χ2n) is 5.78. The molecule has 1 aliphatic rings. The van der Waals surface area contributed by atoms with Crippen LogP contribution in [0.2, 0.25) is 0 Å². The topological polar surface area (TPSA) is 75.6 Å². The number of benzene rings is 1. The normalized spacial score (nSPS) is 15.1. The molecule has 1 aliphatic carbocycles. The molecule has 5 heteroatoms. The zero-order valence-corrected chi connectivity index (χ0v) is 12.9. The van der Waals surface area contributed by atoms with Crippen molar-refractivity contribution in [3.63, 3.8) is 0 Å². The van der Waals surface area contributed by atoms with Crippen molar-refractivity contribution in [2.45, 2.75) is 45.1 Å². The molecule has 0 saturated carbocycles. The molecule has 2 N–H and O–H groups in total. The number of fused-ring (bicyclic) bond motifs is 1. The van der Waals surface area contributed by atoms with Crippen molar-refractivity contribution in [1.82, 2.24) is 5.32 Å². The van der Waals surface area contributed by atoms with Crippen LogP contribution in [0.3, 0.4) is 0 Å². The van der Waals surface area contributed by atoms with Crippen LogP contribution in [0.1, 0.15) is 37.3 Å². The average molecular weight is 305 g/mol. The Balaban J connectivity index is 1.95. The molecule has 1 amide bonds. The summed E-state index contributed by atoms with van der Waals surface area (Å²) in [7, 11) is 0. The van der Waals surface area contributed by atoms with Gasteiger partial charge in [0.1, 0.15) is 0 Å². The number of rotatable bonds is 7. The predicted molar refractivity (Wildman–Crippen MR) is 82.8 cm³/mol. The van der Waals surface area contributed by atoms with Gasteiger partial charge in [-0.05, 0) is 36.3 Å². The van der Waals surface area contributed by atoms with Crippen molar-refractivity contribution < 1.29 is 19.4 Å². The molecule has 1 aromatic rings. The van der Waals surface area contributed by atoms with Crippen LogP contribution < -0.4 is 5.32 Å². The molecule has 22 heavy (non-hydrogen) atoms. The number of carbonyl (C=O) groups excluding carboxylic acids is 1. The van der Waals surface area contributed by atoms with Crippen molar-refractivity contribution in [2.24, 2.45) is 5.92 Å². The highest BCUT2D eigenvalue weighted by molar-refractivity contribution is 5.71. The average Bonchev–Trinajstić information content (AvgIpc) is 2.90. The summed E-state index contributed by atoms with van der Waals surface area (Å²) in [5, 5.41) is 11.8. The van der Waals surface area contributed by atoms with Crippen LogP contribution in [0, 0.1) is 5.92 Å². The lowest BCUT2D eigenvalue weighted by molar-refractivity contribution is -0.137. The van der Waals surface area contributed by atoms with Crippen LogP contribution in [0.4, 0.5) is 4.79 Å². The maximum Gasteiger partial charge on any atom is 0.407 e. The Morgan fingerprint density at radius 2 is 1.95 bits per heavy atom. The summed E-state index contributed by atoms with van der Waals surface area (Å²) >= 11 is 0. The van der Waals surface area contributed by atoms with Crippen LogP contribution in [0.5, 0.6) is 0 Å². The Morgan fingerprint density at radius 1 is 1.32 bits per heavy atom. The van der Waals surface area contributed by atoms with Crippen LogP contribution in [0.15, 0.2) is 24.3 Å². The number of carbonyl (C=O) groups is 2. The molecule has 1 atom stereocenters. The molecular weight excluding hydrogens is 282 g/mol. The monoisotopic (exact) mass is 305 g/mol. The molecule has 1 aromatic carbocycles. The number of unbranched alkanes of at least 4 members (excludes halogenated alkanes) is 1. The first kappa shape index (κ1) is 16.3. The predicted octanol–water partition coefficient (Wildman–Crippen LogP) is 2.77. The van der Waals surface area contributed by atoms with Gasteiger partial charge in [0.25, 0.3) is 0 Å². The van der Waals surface area contributed by atoms with E-state index in [1.807, 2.05) is 19.1 Å². The molecule has 0 radical (unpaired) electrons. The van der Waals surface area contributed by atoms with E-state index < -0.39 is 18.1 Å². The van der Waals surface area contributed by atoms with E-state index in [1.165, 1.54) is 11.1 Å². The fraction of sp³-hybridized carbons (Fsp3) is 0.529. The van der Waals surface area contributed by atoms with Crippen LogP contribution in [-0.4, -0.2) is 29.8 Å². The SMILES string of the molecule is CCCCOC(=O)NC(CC(=O)O)C1Cc2ccccc2C1. The van der Waals surface area contributed by atoms with E-state index in [0.717, 1.165) is 25.7 Å². The summed E-state index contributed by atoms with van der Waals surface area (Å²) in [6.45, 7) is 2.39. The third-order valence-electron chi connectivity index (χ3n) is 4.08. The van der Waals surface area contributed by atoms with E-state index in [0.29, 0.717) is 6.61 Å². The first-order valence-corrected chi connectivity index (χ1v) is 7.82. The molecule has 0 bridgehead atoms. The number of carboxylic acids is 1. The van der Waals surface area contributed by atoms with Gasteiger partial charge in [0.05, 0.1) is 13.0 Å². The fourth-order valence-corrected chi connectivity index (χ4v) is 2.90. The molecule has 1 unspecified atom stereocenters. The standard InChI is InChI=1S/C17H23NO4/c1-2-3-8-22-17(21)18-15(11-16(19)20)14-9-12-6-4-5-7-13(12)10-14/h4-7,14-15H,2-3,8-11H2,1H3,(H,18,21)(H,19,20). The summed E-state index contributed by atoms with van der Waals surface area (Å²) in [6.07, 6.45) is 2.75. The number of carboxylic acid groups (broad SMARTS) is 1. The molecule has 0 heterocycles. The van der Waals surface area contributed by atoms with Gasteiger partial charge in [-0.1, -0.05) is 37.6 Å². The minimum Gasteiger partial charge on any atom is -0.481 e. The third kappa shape index (κ3) is 4.48. The van der Waals surface area contributed by atoms with Crippen LogP contribution >= 0.6 is 0 Å². The van der Waals surface area contributed by atoms with Crippen LogP contribution in [-0.2, 0) is 22.4 Å². The summed E-state index contributed by atoms with van der Waals surface area (Å²) in [6, 6.07) is 7.69. The lowest BCUT2D eigenvalue weighted by atomic mass is 9.94. The smallest absolute Gasteiger partial charge is 0.407 e. The number of hydrogen-bond donors (Lipinski definition) is 2. The van der Waals surface area contributed by atoms with E-state index in [4.69, 9.17) is 9.84 Å². The summed E-state index contributed by atoms with van der Waals surface area (Å²) in [5.74, 6) is -0.804. The van der Waals surface area contributed by atoms with Crippen LogP contribution in [0.25, 0.3) is 0 Å². The van der Waals surface area contributed by atoms with Crippen molar-refractivity contribution in [2.75, 3.05) is 6.61 Å². The lowest BCUT2D eigenvalue weighted by Crippen LogP contribution is -2.42. The van der Waals surface area contributed by atoms with Gasteiger partial charge in [-0.15, -0.1) is 0 Å². The van der Waals surface area contributed by atoms with Gasteiger partial charge in [0.2, 0.25) is 0 Å². The number of alkyl carbamates (subject to hydrolysis) is 1. The summed E-state index contributed by atoms with van der Waals surface area (Å²) in [4.78, 5) is 22.9. The summed E-state index contributed by atoms with van der Waals surface area (Å²) in [5.41, 5.74) is 2.48. The minimum atomic E-state index is -0.908. The zero-order valence-electron chi connectivity index (χ0n) is 12.9. The number of ether oxygens (including phenoxy) is 1. The summed E-state index contributed by atoms with van der Waals surface area (Å²) < 4.78 is 5.09. The molecule has 0 aromatic heterocycles. The van der Waals surface area contributed by atoms with Crippen molar-refractivity contribution in [1.29, 1.82) is 0 Å². The number of aliphatic carboxylic acids is 1. The molecule has 0 aliphatic heterocycles. The quantitative estimate of drug-likeness (QED) is 0.760. The van der Waals surface area contributed by atoms with Crippen molar-refractivity contribution in [3.05, 3.63) is 35.4 Å². The van der Waals surface area contributed by atoms with Gasteiger partial charge in [-0.25, -0.2) is 4.79 Å². The van der Waals surface area contributed by atoms with Gasteiger partial charge in [0, 0.05) is 6.04 Å². The zero-order chi connectivity index (χ0) is 15.9. The van der Waals surface area contributed by atoms with E-state index in [2.05, 4.69) is 17.4 Å². The molecule has 0 fully saturated rings. The van der Waals surface area contributed by atoms with Gasteiger partial charge < -0.3 is 15.2 Å². The highest BCUT2D eigenvalue weighted by atomic mass is 16.5. The molecule has 0 spiro atoms. The number of amides is 1. The largest absolute Gasteiger partial charge is 0.481 e. The Morgan fingerprint density at radius 3 is 2.50 bits per heavy atom. The maximum atomic E-state index is 11.8. The number of nitrogens with one attached hydrogen (secondary N) is 1. The van der Waals surface area contributed by atoms with E-state index in [-0.39, 0.29) is 12.3 Å². The Kier molecular flexibility index (Phi) is 5.81. The Hall–Kier alpha value is -2.04. The van der Waals surface area contributed by atoms with Gasteiger partial charge in [0.15, 0.2) is 0 Å². The lowest BCUT2D eigenvalue weighted by Gasteiger charge is -2.23. The molecule has 120 valence electrons. The molecule has 0 saturated heterocycles. The second-order valence-corrected chi connectivity index (χ2v) is 5.78. The van der Waals surface area contributed by atoms with E-state index >= 15 is 0 Å². The minimum absolute atomic E-state index is 0.0818. The Labute approximate surface area is 130 Å². The highest BCUT2D eigenvalue weighted by Gasteiger charge is 2.31. The molecule has 2 rings (SSSR count). The first-order chi connectivity index (χ1) is 10.6. The highest BCUT2D eigenvalue weighted by Crippen LogP contribution is 2.29. The fourth-order valence-electron chi connectivity index (χ4n) is 2.90. The van der Waals surface area contributed by atoms with Gasteiger partial charge in [-0.2, -0.15) is 0 Å². The van der Waals surface area contributed by atoms with Gasteiger partial charge >= 0.3 is 12.1 Å².